The molecular formula is C12H18N4. The lowest BCUT2D eigenvalue weighted by molar-refractivity contribution is 0.538. The van der Waals surface area contributed by atoms with E-state index in [1.54, 1.807) is 6.20 Å². The third kappa shape index (κ3) is 2.22. The number of rotatable bonds is 4. The molecule has 0 aliphatic heterocycles. The van der Waals surface area contributed by atoms with Crippen LogP contribution in [0.3, 0.4) is 0 Å². The molecule has 0 saturated carbocycles. The van der Waals surface area contributed by atoms with Crippen molar-refractivity contribution in [1.82, 2.24) is 19.9 Å². The maximum atomic E-state index is 4.50. The van der Waals surface area contributed by atoms with Gasteiger partial charge in [0.2, 0.25) is 0 Å². The minimum Gasteiger partial charge on any atom is -0.329 e. The Labute approximate surface area is 95.7 Å². The van der Waals surface area contributed by atoms with Crippen molar-refractivity contribution in [2.75, 3.05) is 6.54 Å². The summed E-state index contributed by atoms with van der Waals surface area (Å²) in [4.78, 5) is 8.74. The molecule has 0 spiro atoms. The van der Waals surface area contributed by atoms with Crippen LogP contribution in [-0.4, -0.2) is 21.1 Å². The summed E-state index contributed by atoms with van der Waals surface area (Å²) in [6.07, 6.45) is 1.78. The topological polar surface area (TPSA) is 42.7 Å². The summed E-state index contributed by atoms with van der Waals surface area (Å²) >= 11 is 0. The Morgan fingerprint density at radius 3 is 2.94 bits per heavy atom. The van der Waals surface area contributed by atoms with Crippen LogP contribution in [0.4, 0.5) is 0 Å². The number of nitrogens with one attached hydrogen (secondary N) is 1. The maximum absolute atomic E-state index is 4.50. The van der Waals surface area contributed by atoms with E-state index in [0.717, 1.165) is 30.1 Å². The molecule has 2 aromatic heterocycles. The van der Waals surface area contributed by atoms with Gasteiger partial charge >= 0.3 is 0 Å². The van der Waals surface area contributed by atoms with Crippen LogP contribution >= 0.6 is 0 Å². The van der Waals surface area contributed by atoms with E-state index in [4.69, 9.17) is 0 Å². The van der Waals surface area contributed by atoms with Crippen LogP contribution in [0, 0.1) is 5.92 Å². The van der Waals surface area contributed by atoms with Gasteiger partial charge in [0.05, 0.1) is 12.1 Å². The van der Waals surface area contributed by atoms with E-state index >= 15 is 0 Å². The zero-order valence-corrected chi connectivity index (χ0v) is 10.1. The van der Waals surface area contributed by atoms with Crippen LogP contribution in [0.25, 0.3) is 11.2 Å². The highest BCUT2D eigenvalue weighted by Gasteiger charge is 2.07. The van der Waals surface area contributed by atoms with Crippen LogP contribution in [0.15, 0.2) is 18.3 Å². The van der Waals surface area contributed by atoms with Crippen LogP contribution < -0.4 is 5.32 Å². The summed E-state index contributed by atoms with van der Waals surface area (Å²) in [5, 5.41) is 3.39. The SMILES string of the molecule is CC(C)CNCc1nc2ncccc2n1C. The molecule has 0 aliphatic carbocycles. The largest absolute Gasteiger partial charge is 0.329 e. The molecule has 0 aliphatic rings. The first-order valence-electron chi connectivity index (χ1n) is 5.65. The Bertz CT molecular complexity index is 473. The normalized spacial score (nSPS) is 11.5. The molecule has 2 rings (SSSR count). The summed E-state index contributed by atoms with van der Waals surface area (Å²) in [7, 11) is 2.03. The third-order valence-corrected chi connectivity index (χ3v) is 2.59. The second-order valence-corrected chi connectivity index (χ2v) is 4.46. The molecule has 0 saturated heterocycles. The Balaban J connectivity index is 2.15. The molecule has 0 aromatic carbocycles. The van der Waals surface area contributed by atoms with Crippen molar-refractivity contribution < 1.29 is 0 Å². The van der Waals surface area contributed by atoms with Crippen LogP contribution in [0.2, 0.25) is 0 Å². The average molecular weight is 218 g/mol. The molecule has 4 heteroatoms. The molecule has 86 valence electrons. The van der Waals surface area contributed by atoms with Crippen molar-refractivity contribution in [2.24, 2.45) is 13.0 Å². The molecule has 2 heterocycles. The molecule has 0 radical (unpaired) electrons. The van der Waals surface area contributed by atoms with E-state index in [-0.39, 0.29) is 0 Å². The summed E-state index contributed by atoms with van der Waals surface area (Å²) in [6, 6.07) is 3.98. The highest BCUT2D eigenvalue weighted by molar-refractivity contribution is 5.71. The van der Waals surface area contributed by atoms with Crippen molar-refractivity contribution in [3.05, 3.63) is 24.2 Å². The lowest BCUT2D eigenvalue weighted by Gasteiger charge is -2.06. The quantitative estimate of drug-likeness (QED) is 0.849. The predicted octanol–water partition coefficient (Wildman–Crippen LogP) is 1.71. The smallest absolute Gasteiger partial charge is 0.177 e. The molecule has 0 unspecified atom stereocenters. The first kappa shape index (κ1) is 11.1. The Morgan fingerprint density at radius 1 is 1.44 bits per heavy atom. The van der Waals surface area contributed by atoms with Gasteiger partial charge in [0.15, 0.2) is 5.65 Å². The summed E-state index contributed by atoms with van der Waals surface area (Å²) in [5.41, 5.74) is 1.91. The molecular weight excluding hydrogens is 200 g/mol. The third-order valence-electron chi connectivity index (χ3n) is 2.59. The number of aromatic nitrogens is 3. The van der Waals surface area contributed by atoms with Gasteiger partial charge in [-0.15, -0.1) is 0 Å². The highest BCUT2D eigenvalue weighted by Crippen LogP contribution is 2.11. The lowest BCUT2D eigenvalue weighted by Crippen LogP contribution is -2.20. The maximum Gasteiger partial charge on any atom is 0.177 e. The number of fused-ring (bicyclic) bond motifs is 1. The van der Waals surface area contributed by atoms with Gasteiger partial charge in [0.25, 0.3) is 0 Å². The van der Waals surface area contributed by atoms with E-state index in [0.29, 0.717) is 5.92 Å². The van der Waals surface area contributed by atoms with Gasteiger partial charge in [-0.1, -0.05) is 13.8 Å². The molecule has 0 fully saturated rings. The van der Waals surface area contributed by atoms with E-state index < -0.39 is 0 Å². The first-order chi connectivity index (χ1) is 7.68. The van der Waals surface area contributed by atoms with Gasteiger partial charge in [-0.2, -0.15) is 0 Å². The van der Waals surface area contributed by atoms with Crippen LogP contribution in [-0.2, 0) is 13.6 Å². The molecule has 0 bridgehead atoms. The van der Waals surface area contributed by atoms with E-state index in [1.165, 1.54) is 0 Å². The van der Waals surface area contributed by atoms with Gasteiger partial charge in [-0.3, -0.25) is 0 Å². The van der Waals surface area contributed by atoms with Gasteiger partial charge in [-0.05, 0) is 24.6 Å². The zero-order valence-electron chi connectivity index (χ0n) is 10.1. The molecule has 0 amide bonds. The summed E-state index contributed by atoms with van der Waals surface area (Å²) in [5.74, 6) is 1.70. The van der Waals surface area contributed by atoms with Crippen LogP contribution in [0.1, 0.15) is 19.7 Å². The minimum atomic E-state index is 0.660. The molecule has 0 atom stereocenters. The average Bonchev–Trinajstić information content (AvgIpc) is 2.56. The highest BCUT2D eigenvalue weighted by atomic mass is 15.1. The van der Waals surface area contributed by atoms with Crippen LogP contribution in [0.5, 0.6) is 0 Å². The van der Waals surface area contributed by atoms with Gasteiger partial charge in [0, 0.05) is 13.2 Å². The fourth-order valence-electron chi connectivity index (χ4n) is 1.70. The molecule has 16 heavy (non-hydrogen) atoms. The van der Waals surface area contributed by atoms with E-state index in [2.05, 4.69) is 33.7 Å². The fourth-order valence-corrected chi connectivity index (χ4v) is 1.70. The summed E-state index contributed by atoms with van der Waals surface area (Å²) < 4.78 is 2.09. The van der Waals surface area contributed by atoms with Gasteiger partial charge in [-0.25, -0.2) is 9.97 Å². The van der Waals surface area contributed by atoms with Crippen molar-refractivity contribution >= 4 is 11.2 Å². The second-order valence-electron chi connectivity index (χ2n) is 4.46. The fraction of sp³-hybridized carbons (Fsp3) is 0.500. The Kier molecular flexibility index (Phi) is 3.19. The van der Waals surface area contributed by atoms with E-state index in [1.807, 2.05) is 19.2 Å². The number of hydrogen-bond donors (Lipinski definition) is 1. The molecule has 2 aromatic rings. The number of nitrogens with zero attached hydrogens (tertiary/aromatic N) is 3. The number of aryl methyl sites for hydroxylation is 1. The molecule has 4 nitrogen and oxygen atoms in total. The van der Waals surface area contributed by atoms with Crippen molar-refractivity contribution in [3.8, 4) is 0 Å². The predicted molar refractivity (Wildman–Crippen MR) is 65.1 cm³/mol. The lowest BCUT2D eigenvalue weighted by atomic mass is 10.2. The number of pyridine rings is 1. The Morgan fingerprint density at radius 2 is 2.25 bits per heavy atom. The number of hydrogen-bond acceptors (Lipinski definition) is 3. The van der Waals surface area contributed by atoms with Gasteiger partial charge in [0.1, 0.15) is 5.82 Å². The van der Waals surface area contributed by atoms with Crippen molar-refractivity contribution in [1.29, 1.82) is 0 Å². The van der Waals surface area contributed by atoms with Crippen molar-refractivity contribution in [2.45, 2.75) is 20.4 Å². The zero-order chi connectivity index (χ0) is 11.5. The second kappa shape index (κ2) is 4.61. The monoisotopic (exact) mass is 218 g/mol. The number of imidazole rings is 1. The van der Waals surface area contributed by atoms with E-state index in [9.17, 15) is 0 Å². The Hall–Kier alpha value is -1.42. The first-order valence-corrected chi connectivity index (χ1v) is 5.65. The van der Waals surface area contributed by atoms with Gasteiger partial charge < -0.3 is 9.88 Å². The minimum absolute atomic E-state index is 0.660. The standard InChI is InChI=1S/C12H18N4/c1-9(2)7-13-8-11-15-12-10(16(11)3)5-4-6-14-12/h4-6,9,13H,7-8H2,1-3H3. The van der Waals surface area contributed by atoms with Crippen molar-refractivity contribution in [3.63, 3.8) is 0 Å². The molecule has 1 N–H and O–H groups in total. The summed E-state index contributed by atoms with van der Waals surface area (Å²) in [6.45, 7) is 6.20.